The Morgan fingerprint density at radius 2 is 1.72 bits per heavy atom. The van der Waals surface area contributed by atoms with Crippen molar-refractivity contribution < 1.29 is 27.1 Å². The lowest BCUT2D eigenvalue weighted by Gasteiger charge is -2.28. The van der Waals surface area contributed by atoms with Crippen LogP contribution in [0.1, 0.15) is 24.2 Å². The van der Waals surface area contributed by atoms with E-state index < -0.39 is 27.6 Å². The van der Waals surface area contributed by atoms with Crippen molar-refractivity contribution >= 4 is 21.4 Å². The molecule has 0 saturated heterocycles. The van der Waals surface area contributed by atoms with Crippen molar-refractivity contribution in [2.45, 2.75) is 19.9 Å². The molecule has 0 radical (unpaired) electrons. The van der Waals surface area contributed by atoms with Gasteiger partial charge in [-0.3, -0.25) is 4.79 Å². The van der Waals surface area contributed by atoms with Gasteiger partial charge in [0.2, 0.25) is 0 Å². The molecular weight excluding hydrogens is 397 g/mol. The third-order valence-electron chi connectivity index (χ3n) is 4.36. The maximum Gasteiger partial charge on any atom is 0.258 e. The minimum atomic E-state index is -3.40. The van der Waals surface area contributed by atoms with Gasteiger partial charge >= 0.3 is 0 Å². The number of hydrogen-bond acceptors (Lipinski definition) is 5. The van der Waals surface area contributed by atoms with E-state index in [0.29, 0.717) is 36.0 Å². The van der Waals surface area contributed by atoms with Gasteiger partial charge in [0.05, 0.1) is 25.0 Å². The van der Waals surface area contributed by atoms with Gasteiger partial charge in [-0.1, -0.05) is 0 Å². The van der Waals surface area contributed by atoms with Gasteiger partial charge in [-0.25, -0.2) is 12.8 Å². The Balaban J connectivity index is 2.01. The zero-order chi connectivity index (χ0) is 21.0. The number of nitrogens with zero attached hydrogens (tertiary/aromatic N) is 1. The van der Waals surface area contributed by atoms with Crippen LogP contribution in [-0.2, 0) is 9.84 Å². The molecule has 8 heteroatoms. The lowest BCUT2D eigenvalue weighted by atomic mass is 10.1. The Kier molecular flexibility index (Phi) is 6.22. The van der Waals surface area contributed by atoms with Crippen LogP contribution in [0.4, 0.5) is 10.1 Å². The zero-order valence-electron chi connectivity index (χ0n) is 16.2. The van der Waals surface area contributed by atoms with Gasteiger partial charge in [-0.15, -0.1) is 0 Å². The maximum absolute atomic E-state index is 13.4. The van der Waals surface area contributed by atoms with Gasteiger partial charge in [0.25, 0.3) is 5.91 Å². The largest absolute Gasteiger partial charge is 0.490 e. The van der Waals surface area contributed by atoms with E-state index in [9.17, 15) is 17.6 Å². The molecule has 29 heavy (non-hydrogen) atoms. The lowest BCUT2D eigenvalue weighted by molar-refractivity contribution is 0.0982. The smallest absolute Gasteiger partial charge is 0.258 e. The average Bonchev–Trinajstić information content (AvgIpc) is 3.04. The normalized spacial score (nSPS) is 17.1. The SMILES string of the molecule is CCOc1ccc(C(=O)N(c2ccc(F)cc2)[C@H]2C=CS(=O)(=O)C2)cc1OCC. The molecule has 2 aromatic carbocycles. The quantitative estimate of drug-likeness (QED) is 0.686. The molecule has 0 unspecified atom stereocenters. The monoisotopic (exact) mass is 419 g/mol. The second-order valence-corrected chi connectivity index (χ2v) is 8.34. The van der Waals surface area contributed by atoms with Crippen LogP contribution < -0.4 is 14.4 Å². The first kappa shape index (κ1) is 20.9. The number of amides is 1. The van der Waals surface area contributed by atoms with Crippen LogP contribution in [0, 0.1) is 5.82 Å². The second kappa shape index (κ2) is 8.65. The minimum Gasteiger partial charge on any atom is -0.490 e. The number of anilines is 1. The van der Waals surface area contributed by atoms with E-state index in [1.165, 1.54) is 35.2 Å². The van der Waals surface area contributed by atoms with Crippen molar-refractivity contribution in [2.75, 3.05) is 23.9 Å². The summed E-state index contributed by atoms with van der Waals surface area (Å²) in [6.45, 7) is 4.50. The van der Waals surface area contributed by atoms with Crippen LogP contribution in [0.2, 0.25) is 0 Å². The fraction of sp³-hybridized carbons (Fsp3) is 0.286. The summed E-state index contributed by atoms with van der Waals surface area (Å²) < 4.78 is 48.3. The van der Waals surface area contributed by atoms with Gasteiger partial charge in [0.15, 0.2) is 21.3 Å². The number of carbonyl (C=O) groups excluding carboxylic acids is 1. The fourth-order valence-corrected chi connectivity index (χ4v) is 4.37. The molecule has 1 amide bonds. The molecule has 1 heterocycles. The topological polar surface area (TPSA) is 72.9 Å². The molecular formula is C21H22FNO5S. The van der Waals surface area contributed by atoms with E-state index in [2.05, 4.69) is 0 Å². The number of ether oxygens (including phenoxy) is 2. The molecule has 0 aromatic heterocycles. The summed E-state index contributed by atoms with van der Waals surface area (Å²) in [6, 6.07) is 9.47. The van der Waals surface area contributed by atoms with Crippen molar-refractivity contribution in [3.63, 3.8) is 0 Å². The third-order valence-corrected chi connectivity index (χ3v) is 5.73. The Bertz CT molecular complexity index is 1020. The molecule has 1 aliphatic heterocycles. The summed E-state index contributed by atoms with van der Waals surface area (Å²) in [5, 5.41) is 1.10. The summed E-state index contributed by atoms with van der Waals surface area (Å²) in [6.07, 6.45) is 1.47. The number of rotatable bonds is 7. The number of sulfone groups is 1. The Morgan fingerprint density at radius 1 is 1.07 bits per heavy atom. The number of halogens is 1. The van der Waals surface area contributed by atoms with E-state index >= 15 is 0 Å². The highest BCUT2D eigenvalue weighted by Gasteiger charge is 2.32. The highest BCUT2D eigenvalue weighted by atomic mass is 32.2. The fourth-order valence-electron chi connectivity index (χ4n) is 3.10. The van der Waals surface area contributed by atoms with Crippen molar-refractivity contribution in [3.05, 3.63) is 65.3 Å². The first-order valence-corrected chi connectivity index (χ1v) is 11.0. The molecule has 0 N–H and O–H groups in total. The van der Waals surface area contributed by atoms with Crippen LogP contribution in [0.15, 0.2) is 53.9 Å². The molecule has 1 atom stereocenters. The summed E-state index contributed by atoms with van der Waals surface area (Å²) in [7, 11) is -3.40. The summed E-state index contributed by atoms with van der Waals surface area (Å²) in [5.41, 5.74) is 0.703. The molecule has 0 saturated carbocycles. The molecule has 6 nitrogen and oxygen atoms in total. The van der Waals surface area contributed by atoms with Crippen LogP contribution >= 0.6 is 0 Å². The van der Waals surface area contributed by atoms with Crippen LogP contribution in [0.5, 0.6) is 11.5 Å². The molecule has 154 valence electrons. The van der Waals surface area contributed by atoms with Gasteiger partial charge < -0.3 is 14.4 Å². The summed E-state index contributed by atoms with van der Waals surface area (Å²) in [4.78, 5) is 14.7. The molecule has 1 aliphatic rings. The van der Waals surface area contributed by atoms with Crippen molar-refractivity contribution in [1.82, 2.24) is 0 Å². The van der Waals surface area contributed by atoms with E-state index in [1.807, 2.05) is 13.8 Å². The van der Waals surface area contributed by atoms with E-state index in [0.717, 1.165) is 5.41 Å². The molecule has 0 bridgehead atoms. The standard InChI is InChI=1S/C21H22FNO5S/c1-3-27-19-10-5-15(13-20(19)28-4-2)21(24)23(17-8-6-16(22)7-9-17)18-11-12-29(25,26)14-18/h5-13,18H,3-4,14H2,1-2H3/t18-/m0/s1. The first-order valence-electron chi connectivity index (χ1n) is 9.24. The summed E-state index contributed by atoms with van der Waals surface area (Å²) in [5.74, 6) is -0.162. The Hall–Kier alpha value is -2.87. The van der Waals surface area contributed by atoms with Crippen LogP contribution in [0.25, 0.3) is 0 Å². The zero-order valence-corrected chi connectivity index (χ0v) is 17.0. The van der Waals surface area contributed by atoms with Crippen molar-refractivity contribution in [2.24, 2.45) is 0 Å². The molecule has 0 aliphatic carbocycles. The average molecular weight is 419 g/mol. The second-order valence-electron chi connectivity index (χ2n) is 6.40. The minimum absolute atomic E-state index is 0.231. The molecule has 3 rings (SSSR count). The maximum atomic E-state index is 13.4. The highest BCUT2D eigenvalue weighted by Crippen LogP contribution is 2.31. The lowest BCUT2D eigenvalue weighted by Crippen LogP contribution is -2.41. The van der Waals surface area contributed by atoms with E-state index in [-0.39, 0.29) is 5.75 Å². The predicted molar refractivity (Wildman–Crippen MR) is 109 cm³/mol. The van der Waals surface area contributed by atoms with Gasteiger partial charge in [-0.2, -0.15) is 0 Å². The number of benzene rings is 2. The van der Waals surface area contributed by atoms with Gasteiger partial charge in [-0.05, 0) is 62.4 Å². The van der Waals surface area contributed by atoms with Crippen LogP contribution in [-0.4, -0.2) is 39.3 Å². The summed E-state index contributed by atoms with van der Waals surface area (Å²) >= 11 is 0. The highest BCUT2D eigenvalue weighted by molar-refractivity contribution is 7.94. The molecule has 2 aromatic rings. The van der Waals surface area contributed by atoms with Gasteiger partial charge in [0, 0.05) is 16.7 Å². The first-order chi connectivity index (χ1) is 13.8. The molecule has 0 spiro atoms. The number of hydrogen-bond donors (Lipinski definition) is 0. The Morgan fingerprint density at radius 3 is 2.31 bits per heavy atom. The van der Waals surface area contributed by atoms with Gasteiger partial charge in [0.1, 0.15) is 5.82 Å². The third kappa shape index (κ3) is 4.76. The van der Waals surface area contributed by atoms with Crippen molar-refractivity contribution in [1.29, 1.82) is 0 Å². The molecule has 0 fully saturated rings. The predicted octanol–water partition coefficient (Wildman–Crippen LogP) is 3.58. The van der Waals surface area contributed by atoms with E-state index in [1.54, 1.807) is 18.2 Å². The number of carbonyl (C=O) groups is 1. The van der Waals surface area contributed by atoms with Crippen LogP contribution in [0.3, 0.4) is 0 Å². The van der Waals surface area contributed by atoms with E-state index in [4.69, 9.17) is 9.47 Å². The van der Waals surface area contributed by atoms with Crippen molar-refractivity contribution in [3.8, 4) is 11.5 Å². The Labute approximate surface area is 169 Å².